The predicted molar refractivity (Wildman–Crippen MR) is 74.4 cm³/mol. The van der Waals surface area contributed by atoms with Crippen LogP contribution >= 0.6 is 0 Å². The molecule has 104 valence electrons. The molecule has 20 heavy (non-hydrogen) atoms. The molecule has 0 aliphatic rings. The van der Waals surface area contributed by atoms with Gasteiger partial charge in [0, 0.05) is 6.07 Å². The Morgan fingerprint density at radius 2 is 2.15 bits per heavy atom. The van der Waals surface area contributed by atoms with Crippen LogP contribution in [0.1, 0.15) is 6.92 Å². The van der Waals surface area contributed by atoms with Gasteiger partial charge in [0.05, 0.1) is 22.6 Å². The molecule has 0 aliphatic carbocycles. The van der Waals surface area contributed by atoms with Crippen molar-refractivity contribution in [1.29, 1.82) is 0 Å². The van der Waals surface area contributed by atoms with Crippen LogP contribution < -0.4 is 10.9 Å². The highest BCUT2D eigenvalue weighted by atomic mass is 16.6. The van der Waals surface area contributed by atoms with E-state index in [0.29, 0.717) is 16.5 Å². The Morgan fingerprint density at radius 1 is 1.35 bits per heavy atom. The van der Waals surface area contributed by atoms with Gasteiger partial charge in [-0.15, -0.1) is 0 Å². The zero-order valence-electron chi connectivity index (χ0n) is 10.8. The maximum atomic E-state index is 11.1. The summed E-state index contributed by atoms with van der Waals surface area (Å²) in [6, 6.07) is 9.80. The molecule has 7 nitrogen and oxygen atoms in total. The van der Waals surface area contributed by atoms with Crippen LogP contribution in [-0.4, -0.2) is 17.6 Å². The molecule has 0 fully saturated rings. The molecule has 2 aromatic rings. The van der Waals surface area contributed by atoms with Gasteiger partial charge in [0.15, 0.2) is 0 Å². The molecule has 2 rings (SSSR count). The van der Waals surface area contributed by atoms with Crippen molar-refractivity contribution >= 4 is 28.2 Å². The second-order valence-corrected chi connectivity index (χ2v) is 3.94. The molecule has 0 saturated carbocycles. The first-order valence-electron chi connectivity index (χ1n) is 5.97. The number of carbonyl (C=O) groups excluding carboxylic acids is 1. The van der Waals surface area contributed by atoms with Crippen molar-refractivity contribution in [1.82, 2.24) is 5.43 Å². The van der Waals surface area contributed by atoms with E-state index in [2.05, 4.69) is 10.9 Å². The number of hydrazine groups is 1. The SMILES string of the molecule is CCOC(=O)NNc1ccc2c([N+](=O)[O-])cccc2c1. The number of ether oxygens (including phenoxy) is 1. The molecule has 0 heterocycles. The molecule has 0 aromatic heterocycles. The maximum absolute atomic E-state index is 11.1. The van der Waals surface area contributed by atoms with Gasteiger partial charge in [0.2, 0.25) is 0 Å². The number of rotatable bonds is 4. The van der Waals surface area contributed by atoms with E-state index in [9.17, 15) is 14.9 Å². The lowest BCUT2D eigenvalue weighted by molar-refractivity contribution is -0.383. The zero-order chi connectivity index (χ0) is 14.5. The van der Waals surface area contributed by atoms with Gasteiger partial charge in [-0.25, -0.2) is 10.2 Å². The van der Waals surface area contributed by atoms with Gasteiger partial charge in [-0.2, -0.15) is 0 Å². The van der Waals surface area contributed by atoms with Crippen molar-refractivity contribution in [3.05, 3.63) is 46.5 Å². The Morgan fingerprint density at radius 3 is 2.85 bits per heavy atom. The monoisotopic (exact) mass is 275 g/mol. The number of carbonyl (C=O) groups is 1. The van der Waals surface area contributed by atoms with Gasteiger partial charge >= 0.3 is 6.09 Å². The van der Waals surface area contributed by atoms with Crippen molar-refractivity contribution in [3.63, 3.8) is 0 Å². The van der Waals surface area contributed by atoms with E-state index >= 15 is 0 Å². The lowest BCUT2D eigenvalue weighted by Gasteiger charge is -2.09. The minimum atomic E-state index is -0.591. The van der Waals surface area contributed by atoms with Crippen LogP contribution in [0.2, 0.25) is 0 Å². The molecule has 0 unspecified atom stereocenters. The highest BCUT2D eigenvalue weighted by Crippen LogP contribution is 2.27. The van der Waals surface area contributed by atoms with E-state index < -0.39 is 11.0 Å². The summed E-state index contributed by atoms with van der Waals surface area (Å²) in [6.45, 7) is 1.98. The van der Waals surface area contributed by atoms with Crippen LogP contribution in [0.25, 0.3) is 10.8 Å². The first-order chi connectivity index (χ1) is 9.61. The summed E-state index contributed by atoms with van der Waals surface area (Å²) in [5.41, 5.74) is 5.68. The minimum Gasteiger partial charge on any atom is -0.449 e. The van der Waals surface area contributed by atoms with Gasteiger partial charge in [0.1, 0.15) is 0 Å². The average molecular weight is 275 g/mol. The summed E-state index contributed by atoms with van der Waals surface area (Å²) in [5.74, 6) is 0. The number of fused-ring (bicyclic) bond motifs is 1. The summed E-state index contributed by atoms with van der Waals surface area (Å²) >= 11 is 0. The molecule has 0 spiro atoms. The van der Waals surface area contributed by atoms with Gasteiger partial charge in [-0.05, 0) is 30.5 Å². The van der Waals surface area contributed by atoms with Crippen molar-refractivity contribution in [2.45, 2.75) is 6.92 Å². The number of hydrogen-bond acceptors (Lipinski definition) is 5. The molecule has 1 amide bonds. The van der Waals surface area contributed by atoms with Gasteiger partial charge in [0.25, 0.3) is 5.69 Å². The van der Waals surface area contributed by atoms with Crippen LogP contribution in [0.15, 0.2) is 36.4 Å². The number of hydrogen-bond donors (Lipinski definition) is 2. The third-order valence-electron chi connectivity index (χ3n) is 2.64. The number of non-ortho nitro benzene ring substituents is 1. The van der Waals surface area contributed by atoms with Crippen LogP contribution in [-0.2, 0) is 4.74 Å². The molecule has 0 bridgehead atoms. The average Bonchev–Trinajstić information content (AvgIpc) is 2.44. The van der Waals surface area contributed by atoms with Crippen LogP contribution in [0.3, 0.4) is 0 Å². The predicted octanol–water partition coefficient (Wildman–Crippen LogP) is 2.82. The number of benzene rings is 2. The van der Waals surface area contributed by atoms with E-state index in [1.807, 2.05) is 0 Å². The summed E-state index contributed by atoms with van der Waals surface area (Å²) in [4.78, 5) is 21.6. The van der Waals surface area contributed by atoms with E-state index in [-0.39, 0.29) is 12.3 Å². The molecular formula is C13H13N3O4. The lowest BCUT2D eigenvalue weighted by Crippen LogP contribution is -2.29. The van der Waals surface area contributed by atoms with Crippen molar-refractivity contribution in [3.8, 4) is 0 Å². The molecule has 2 N–H and O–H groups in total. The van der Waals surface area contributed by atoms with E-state index in [1.165, 1.54) is 6.07 Å². The zero-order valence-corrected chi connectivity index (χ0v) is 10.8. The second-order valence-electron chi connectivity index (χ2n) is 3.94. The highest BCUT2D eigenvalue weighted by Gasteiger charge is 2.11. The first-order valence-corrected chi connectivity index (χ1v) is 5.97. The topological polar surface area (TPSA) is 93.5 Å². The van der Waals surface area contributed by atoms with Gasteiger partial charge < -0.3 is 4.74 Å². The summed E-state index contributed by atoms with van der Waals surface area (Å²) < 4.78 is 4.70. The Hall–Kier alpha value is -2.83. The fourth-order valence-electron chi connectivity index (χ4n) is 1.79. The quantitative estimate of drug-likeness (QED) is 0.661. The largest absolute Gasteiger partial charge is 0.449 e. The molecule has 0 radical (unpaired) electrons. The molecule has 0 atom stereocenters. The van der Waals surface area contributed by atoms with Crippen molar-refractivity contribution < 1.29 is 14.5 Å². The van der Waals surface area contributed by atoms with Gasteiger partial charge in [-0.1, -0.05) is 12.1 Å². The normalized spacial score (nSPS) is 10.1. The van der Waals surface area contributed by atoms with Crippen molar-refractivity contribution in [2.24, 2.45) is 0 Å². The Bertz CT molecular complexity index is 657. The number of nitro benzene ring substituents is 1. The third kappa shape index (κ3) is 2.94. The number of anilines is 1. The number of nitrogens with zero attached hydrogens (tertiary/aromatic N) is 1. The van der Waals surface area contributed by atoms with Crippen LogP contribution in [0.5, 0.6) is 0 Å². The fourth-order valence-corrected chi connectivity index (χ4v) is 1.79. The van der Waals surface area contributed by atoms with Crippen molar-refractivity contribution in [2.75, 3.05) is 12.0 Å². The summed E-state index contributed by atoms with van der Waals surface area (Å²) in [5, 5.41) is 12.1. The van der Waals surface area contributed by atoms with Gasteiger partial charge in [-0.3, -0.25) is 15.5 Å². The fraction of sp³-hybridized carbons (Fsp3) is 0.154. The number of nitrogens with one attached hydrogen (secondary N) is 2. The van der Waals surface area contributed by atoms with E-state index in [4.69, 9.17) is 4.74 Å². The third-order valence-corrected chi connectivity index (χ3v) is 2.64. The molecule has 7 heteroatoms. The first kappa shape index (κ1) is 13.6. The molecular weight excluding hydrogens is 262 g/mol. The second kappa shape index (κ2) is 5.87. The number of amides is 1. The Kier molecular flexibility index (Phi) is 3.99. The number of nitro groups is 1. The highest BCUT2D eigenvalue weighted by molar-refractivity contribution is 5.93. The lowest BCUT2D eigenvalue weighted by atomic mass is 10.1. The smallest absolute Gasteiger partial charge is 0.425 e. The summed E-state index contributed by atoms with van der Waals surface area (Å²) in [6.07, 6.45) is -0.591. The maximum Gasteiger partial charge on any atom is 0.425 e. The van der Waals surface area contributed by atoms with Crippen LogP contribution in [0.4, 0.5) is 16.2 Å². The van der Waals surface area contributed by atoms with E-state index in [1.54, 1.807) is 37.3 Å². The van der Waals surface area contributed by atoms with Crippen LogP contribution in [0, 0.1) is 10.1 Å². The van der Waals surface area contributed by atoms with E-state index in [0.717, 1.165) is 0 Å². The molecule has 0 saturated heterocycles. The molecule has 0 aliphatic heterocycles. The summed E-state index contributed by atoms with van der Waals surface area (Å²) in [7, 11) is 0. The Labute approximate surface area is 114 Å². The minimum absolute atomic E-state index is 0.0485. The standard InChI is InChI=1S/C13H13N3O4/c1-2-20-13(17)15-14-10-6-7-11-9(8-10)4-3-5-12(11)16(18)19/h3-8,14H,2H2,1H3,(H,15,17). The molecule has 2 aromatic carbocycles. The Balaban J connectivity index is 2.22.